The molecule has 3 aromatic rings. The van der Waals surface area contributed by atoms with Crippen LogP contribution in [0.3, 0.4) is 0 Å². The fourth-order valence-electron chi connectivity index (χ4n) is 6.09. The summed E-state index contributed by atoms with van der Waals surface area (Å²) in [6.45, 7) is 6.08. The molecule has 5 heterocycles. The molecule has 40 heavy (non-hydrogen) atoms. The summed E-state index contributed by atoms with van der Waals surface area (Å²) in [7, 11) is 0. The summed E-state index contributed by atoms with van der Waals surface area (Å²) in [6.07, 6.45) is 2.19. The number of nitrogens with one attached hydrogen (secondary N) is 1. The summed E-state index contributed by atoms with van der Waals surface area (Å²) in [6, 6.07) is 8.47. The molecule has 0 bridgehead atoms. The molecule has 6 rings (SSSR count). The number of likely N-dealkylation sites (tertiary alicyclic amines) is 1. The third kappa shape index (κ3) is 4.47. The maximum atomic E-state index is 13.1. The number of carbonyl (C=O) groups is 3. The number of fused-ring (bicyclic) bond motifs is 1. The van der Waals surface area contributed by atoms with E-state index in [4.69, 9.17) is 21.1 Å². The van der Waals surface area contributed by atoms with Gasteiger partial charge in [-0.25, -0.2) is 0 Å². The van der Waals surface area contributed by atoms with Gasteiger partial charge in [0.25, 0.3) is 5.91 Å². The van der Waals surface area contributed by atoms with Gasteiger partial charge in [0.2, 0.25) is 24.0 Å². The van der Waals surface area contributed by atoms with Crippen LogP contribution in [0.15, 0.2) is 41.2 Å². The lowest BCUT2D eigenvalue weighted by molar-refractivity contribution is -0.137. The van der Waals surface area contributed by atoms with Crippen molar-refractivity contribution < 1.29 is 24.0 Å². The van der Waals surface area contributed by atoms with Gasteiger partial charge in [0.15, 0.2) is 0 Å². The molecular weight excluding hydrogens is 536 g/mol. The van der Waals surface area contributed by atoms with E-state index in [0.29, 0.717) is 59.4 Å². The van der Waals surface area contributed by atoms with E-state index >= 15 is 0 Å². The molecule has 2 fully saturated rings. The van der Waals surface area contributed by atoms with Gasteiger partial charge in [-0.05, 0) is 42.7 Å². The largest absolute Gasteiger partial charge is 0.383 e. The highest BCUT2D eigenvalue weighted by Crippen LogP contribution is 2.46. The lowest BCUT2D eigenvalue weighted by atomic mass is 9.68. The molecule has 3 aliphatic heterocycles. The minimum absolute atomic E-state index is 0.164. The molecule has 1 unspecified atom stereocenters. The van der Waals surface area contributed by atoms with Gasteiger partial charge < -0.3 is 14.5 Å². The van der Waals surface area contributed by atoms with E-state index in [1.807, 2.05) is 32.0 Å². The van der Waals surface area contributed by atoms with Crippen LogP contribution in [-0.2, 0) is 28.3 Å². The van der Waals surface area contributed by atoms with Crippen LogP contribution >= 0.6 is 11.6 Å². The predicted molar refractivity (Wildman–Crippen MR) is 143 cm³/mol. The highest BCUT2D eigenvalue weighted by Gasteiger charge is 2.50. The van der Waals surface area contributed by atoms with Gasteiger partial charge in [-0.3, -0.25) is 29.6 Å². The minimum Gasteiger partial charge on any atom is -0.383 e. The second-order valence-electron chi connectivity index (χ2n) is 11.4. The van der Waals surface area contributed by atoms with E-state index in [9.17, 15) is 19.5 Å². The number of benzene rings is 1. The summed E-state index contributed by atoms with van der Waals surface area (Å²) >= 11 is 6.50. The van der Waals surface area contributed by atoms with Crippen molar-refractivity contribution in [2.24, 2.45) is 5.41 Å². The van der Waals surface area contributed by atoms with Gasteiger partial charge in [0.1, 0.15) is 11.6 Å². The number of aromatic nitrogens is 3. The molecule has 208 valence electrons. The van der Waals surface area contributed by atoms with Crippen LogP contribution in [0.25, 0.3) is 11.4 Å². The Morgan fingerprint density at radius 2 is 1.98 bits per heavy atom. The van der Waals surface area contributed by atoms with Gasteiger partial charge in [-0.15, -0.1) is 0 Å². The van der Waals surface area contributed by atoms with Crippen molar-refractivity contribution in [2.45, 2.75) is 57.8 Å². The highest BCUT2D eigenvalue weighted by molar-refractivity contribution is 6.33. The van der Waals surface area contributed by atoms with Gasteiger partial charge in [-0.1, -0.05) is 36.7 Å². The summed E-state index contributed by atoms with van der Waals surface area (Å²) in [5.74, 6) is -0.640. The molecule has 3 aliphatic rings. The number of halogens is 1. The number of pyridine rings is 1. The monoisotopic (exact) mass is 564 g/mol. The molecule has 0 aliphatic carbocycles. The SMILES string of the molecule is CC1(C)CN(Cc2ccc(-c3ncon3)c(Cl)c2)CC[C@]1(O)c1ccc2c(n1)CN(C1CCC(=O)NC1=O)C2=O. The zero-order chi connectivity index (χ0) is 28.2. The van der Waals surface area contributed by atoms with E-state index in [1.165, 1.54) is 11.3 Å². The van der Waals surface area contributed by atoms with Crippen molar-refractivity contribution >= 4 is 29.3 Å². The minimum atomic E-state index is -1.22. The number of carbonyl (C=O) groups excluding carboxylic acids is 3. The average Bonchev–Trinajstić information content (AvgIpc) is 3.54. The fourth-order valence-corrected chi connectivity index (χ4v) is 6.38. The number of rotatable bonds is 5. The Morgan fingerprint density at radius 1 is 1.18 bits per heavy atom. The van der Waals surface area contributed by atoms with Crippen LogP contribution in [0.4, 0.5) is 0 Å². The Bertz CT molecular complexity index is 1510. The van der Waals surface area contributed by atoms with E-state index in [-0.39, 0.29) is 31.2 Å². The molecule has 2 aromatic heterocycles. The third-order valence-corrected chi connectivity index (χ3v) is 8.68. The molecule has 1 aromatic carbocycles. The molecule has 0 spiro atoms. The Labute approximate surface area is 235 Å². The average molecular weight is 565 g/mol. The van der Waals surface area contributed by atoms with Gasteiger partial charge >= 0.3 is 0 Å². The fraction of sp³-hybridized carbons (Fsp3) is 0.429. The zero-order valence-corrected chi connectivity index (χ0v) is 22.9. The number of nitrogens with zero attached hydrogens (tertiary/aromatic N) is 5. The van der Waals surface area contributed by atoms with Crippen LogP contribution in [0.2, 0.25) is 5.02 Å². The van der Waals surface area contributed by atoms with Gasteiger partial charge in [-0.2, -0.15) is 4.98 Å². The first kappa shape index (κ1) is 26.5. The Hall–Kier alpha value is -3.67. The van der Waals surface area contributed by atoms with E-state index in [2.05, 4.69) is 20.4 Å². The lowest BCUT2D eigenvalue weighted by Gasteiger charge is -2.50. The molecule has 0 radical (unpaired) electrons. The highest BCUT2D eigenvalue weighted by atomic mass is 35.5. The number of imide groups is 1. The van der Waals surface area contributed by atoms with Crippen LogP contribution in [0.5, 0.6) is 0 Å². The normalized spacial score (nSPS) is 24.8. The van der Waals surface area contributed by atoms with Crippen molar-refractivity contribution in [3.8, 4) is 11.4 Å². The molecule has 11 nitrogen and oxygen atoms in total. The quantitative estimate of drug-likeness (QED) is 0.447. The van der Waals surface area contributed by atoms with E-state index in [1.54, 1.807) is 12.1 Å². The zero-order valence-electron chi connectivity index (χ0n) is 22.2. The van der Waals surface area contributed by atoms with Gasteiger partial charge in [0.05, 0.1) is 28.5 Å². The molecule has 2 atom stereocenters. The summed E-state index contributed by atoms with van der Waals surface area (Å²) in [5, 5.41) is 18.7. The van der Waals surface area contributed by atoms with Crippen LogP contribution < -0.4 is 5.32 Å². The second-order valence-corrected chi connectivity index (χ2v) is 11.8. The molecule has 2 N–H and O–H groups in total. The molecule has 12 heteroatoms. The molecule has 2 saturated heterocycles. The van der Waals surface area contributed by atoms with E-state index in [0.717, 1.165) is 5.56 Å². The summed E-state index contributed by atoms with van der Waals surface area (Å²) in [4.78, 5) is 49.6. The number of aliphatic hydroxyl groups is 1. The Balaban J connectivity index is 1.17. The number of piperidine rings is 2. The van der Waals surface area contributed by atoms with Crippen molar-refractivity contribution in [1.29, 1.82) is 0 Å². The Morgan fingerprint density at radius 3 is 2.67 bits per heavy atom. The van der Waals surface area contributed by atoms with Crippen LogP contribution in [0, 0.1) is 5.41 Å². The summed E-state index contributed by atoms with van der Waals surface area (Å²) in [5.41, 5.74) is 1.42. The van der Waals surface area contributed by atoms with Crippen molar-refractivity contribution in [2.75, 3.05) is 13.1 Å². The van der Waals surface area contributed by atoms with Gasteiger partial charge in [0, 0.05) is 37.0 Å². The Kier molecular flexibility index (Phi) is 6.47. The standard InChI is InChI=1S/C28H29ClN6O5/c1-27(2)14-34(12-16-3-4-17(19(29)11-16)24-30-15-40-33-24)10-9-28(27,39)22-7-5-18-20(31-22)13-35(26(18)38)21-6-8-23(36)32-25(21)37/h3-5,7,11,15,21,39H,6,8-10,12-14H2,1-2H3,(H,32,36,37)/t21?,28-/m0/s1. The molecule has 0 saturated carbocycles. The number of amides is 3. The third-order valence-electron chi connectivity index (χ3n) is 8.37. The first-order valence-electron chi connectivity index (χ1n) is 13.2. The van der Waals surface area contributed by atoms with E-state index < -0.39 is 23.0 Å². The first-order valence-corrected chi connectivity index (χ1v) is 13.6. The smallest absolute Gasteiger partial charge is 0.256 e. The topological polar surface area (TPSA) is 142 Å². The van der Waals surface area contributed by atoms with Crippen LogP contribution in [-0.4, -0.2) is 66.9 Å². The first-order chi connectivity index (χ1) is 19.1. The van der Waals surface area contributed by atoms with Crippen LogP contribution in [0.1, 0.15) is 60.4 Å². The second kappa shape index (κ2) is 9.76. The van der Waals surface area contributed by atoms with Crippen molar-refractivity contribution in [3.05, 3.63) is 64.3 Å². The molecular formula is C28H29ClN6O5. The molecule has 3 amide bonds. The summed E-state index contributed by atoms with van der Waals surface area (Å²) < 4.78 is 4.82. The number of hydrogen-bond donors (Lipinski definition) is 2. The lowest BCUT2D eigenvalue weighted by Crippen LogP contribution is -2.55. The van der Waals surface area contributed by atoms with Crippen molar-refractivity contribution in [3.63, 3.8) is 0 Å². The van der Waals surface area contributed by atoms with Crippen molar-refractivity contribution in [1.82, 2.24) is 30.2 Å². The number of hydrogen-bond acceptors (Lipinski definition) is 9. The predicted octanol–water partition coefficient (Wildman–Crippen LogP) is 2.67. The maximum Gasteiger partial charge on any atom is 0.256 e. The maximum absolute atomic E-state index is 13.1.